The Labute approximate surface area is 116 Å². The fourth-order valence-corrected chi connectivity index (χ4v) is 1.61. The second kappa shape index (κ2) is 7.44. The van der Waals surface area contributed by atoms with Crippen LogP contribution in [-0.4, -0.2) is 49.2 Å². The molecule has 1 aromatic rings. The van der Waals surface area contributed by atoms with Gasteiger partial charge in [-0.1, -0.05) is 0 Å². The maximum atomic E-state index is 13.0. The number of carboxylic acid groups (broad SMARTS) is 1. The van der Waals surface area contributed by atoms with Crippen molar-refractivity contribution < 1.29 is 19.1 Å². The third-order valence-corrected chi connectivity index (χ3v) is 2.72. The van der Waals surface area contributed by atoms with Crippen molar-refractivity contribution >= 4 is 17.7 Å². The number of hydrogen-bond donors (Lipinski definition) is 3. The van der Waals surface area contributed by atoms with Crippen LogP contribution in [0.1, 0.15) is 16.8 Å². The first-order valence-corrected chi connectivity index (χ1v) is 6.15. The summed E-state index contributed by atoms with van der Waals surface area (Å²) in [7, 11) is 3.42. The highest BCUT2D eigenvalue weighted by molar-refractivity contribution is 5.99. The number of anilines is 1. The molecule has 0 aliphatic heterocycles. The van der Waals surface area contributed by atoms with E-state index in [4.69, 9.17) is 5.11 Å². The van der Waals surface area contributed by atoms with Gasteiger partial charge in [0, 0.05) is 13.6 Å². The molecule has 0 radical (unpaired) electrons. The number of aromatic carboxylic acids is 1. The molecule has 7 heteroatoms. The molecule has 0 spiro atoms. The second-order valence-corrected chi connectivity index (χ2v) is 4.30. The first-order chi connectivity index (χ1) is 9.45. The standard InChI is InChI=1S/C13H18FN3O3/c1-15-6-3-7-17(2)13(20)16-11-5-4-9(14)8-10(11)12(18)19/h4-5,8,15H,3,6-7H2,1-2H3,(H,16,20)(H,18,19). The number of nitrogens with zero attached hydrogens (tertiary/aromatic N) is 1. The molecule has 0 unspecified atom stereocenters. The minimum atomic E-state index is -1.29. The van der Waals surface area contributed by atoms with Crippen LogP contribution >= 0.6 is 0 Å². The predicted molar refractivity (Wildman–Crippen MR) is 73.6 cm³/mol. The Balaban J connectivity index is 2.72. The van der Waals surface area contributed by atoms with Gasteiger partial charge in [0.15, 0.2) is 0 Å². The Morgan fingerprint density at radius 1 is 1.40 bits per heavy atom. The number of carbonyl (C=O) groups is 2. The molecule has 6 nitrogen and oxygen atoms in total. The lowest BCUT2D eigenvalue weighted by molar-refractivity contribution is 0.0697. The topological polar surface area (TPSA) is 81.7 Å². The number of amides is 2. The molecule has 1 rings (SSSR count). The number of hydrogen-bond acceptors (Lipinski definition) is 3. The van der Waals surface area contributed by atoms with E-state index in [-0.39, 0.29) is 11.3 Å². The Morgan fingerprint density at radius 2 is 2.10 bits per heavy atom. The van der Waals surface area contributed by atoms with Gasteiger partial charge in [0.05, 0.1) is 11.3 Å². The maximum Gasteiger partial charge on any atom is 0.337 e. The third-order valence-electron chi connectivity index (χ3n) is 2.72. The van der Waals surface area contributed by atoms with E-state index in [0.29, 0.717) is 6.54 Å². The molecule has 20 heavy (non-hydrogen) atoms. The van der Waals surface area contributed by atoms with E-state index in [2.05, 4.69) is 10.6 Å². The quantitative estimate of drug-likeness (QED) is 0.693. The van der Waals surface area contributed by atoms with Crippen molar-refractivity contribution in [3.05, 3.63) is 29.6 Å². The lowest BCUT2D eigenvalue weighted by Crippen LogP contribution is -2.33. The first-order valence-electron chi connectivity index (χ1n) is 6.15. The molecule has 0 saturated carbocycles. The van der Waals surface area contributed by atoms with E-state index < -0.39 is 17.8 Å². The summed E-state index contributed by atoms with van der Waals surface area (Å²) < 4.78 is 13.0. The van der Waals surface area contributed by atoms with Crippen LogP contribution in [0.15, 0.2) is 18.2 Å². The van der Waals surface area contributed by atoms with Gasteiger partial charge in [-0.05, 0) is 38.2 Å². The Hall–Kier alpha value is -2.15. The lowest BCUT2D eigenvalue weighted by Gasteiger charge is -2.18. The van der Waals surface area contributed by atoms with Crippen LogP contribution < -0.4 is 10.6 Å². The van der Waals surface area contributed by atoms with Crippen LogP contribution in [0.4, 0.5) is 14.9 Å². The van der Waals surface area contributed by atoms with Gasteiger partial charge < -0.3 is 20.6 Å². The molecule has 0 aliphatic carbocycles. The monoisotopic (exact) mass is 283 g/mol. The minimum Gasteiger partial charge on any atom is -0.478 e. The first kappa shape index (κ1) is 15.9. The van der Waals surface area contributed by atoms with Gasteiger partial charge in [-0.3, -0.25) is 0 Å². The number of benzene rings is 1. The number of rotatable bonds is 6. The minimum absolute atomic E-state index is 0.0735. The number of halogens is 1. The number of urea groups is 1. The molecule has 0 saturated heterocycles. The fourth-order valence-electron chi connectivity index (χ4n) is 1.61. The van der Waals surface area contributed by atoms with Crippen LogP contribution in [0, 0.1) is 5.82 Å². The highest BCUT2D eigenvalue weighted by Gasteiger charge is 2.15. The average Bonchev–Trinajstić information content (AvgIpc) is 2.40. The summed E-state index contributed by atoms with van der Waals surface area (Å²) >= 11 is 0. The van der Waals surface area contributed by atoms with Crippen molar-refractivity contribution in [3.63, 3.8) is 0 Å². The highest BCUT2D eigenvalue weighted by Crippen LogP contribution is 2.17. The normalized spacial score (nSPS) is 10.2. The molecule has 3 N–H and O–H groups in total. The van der Waals surface area contributed by atoms with Crippen LogP contribution in [0.25, 0.3) is 0 Å². The molecule has 0 aromatic heterocycles. The van der Waals surface area contributed by atoms with Crippen LogP contribution in [0.3, 0.4) is 0 Å². The van der Waals surface area contributed by atoms with E-state index >= 15 is 0 Å². The molecule has 0 heterocycles. The van der Waals surface area contributed by atoms with Gasteiger partial charge >= 0.3 is 12.0 Å². The van der Waals surface area contributed by atoms with Crippen molar-refractivity contribution in [2.75, 3.05) is 32.5 Å². The summed E-state index contributed by atoms with van der Waals surface area (Å²) in [5.74, 6) is -1.96. The SMILES string of the molecule is CNCCCN(C)C(=O)Nc1ccc(F)cc1C(=O)O. The number of carbonyl (C=O) groups excluding carboxylic acids is 1. The van der Waals surface area contributed by atoms with E-state index in [0.717, 1.165) is 25.1 Å². The van der Waals surface area contributed by atoms with Gasteiger partial charge in [-0.25, -0.2) is 14.0 Å². The van der Waals surface area contributed by atoms with Gasteiger partial charge in [-0.15, -0.1) is 0 Å². The van der Waals surface area contributed by atoms with Crippen molar-refractivity contribution in [3.8, 4) is 0 Å². The van der Waals surface area contributed by atoms with E-state index in [1.165, 1.54) is 11.0 Å². The molecular formula is C13H18FN3O3. The molecule has 110 valence electrons. The molecule has 0 aliphatic rings. The summed E-state index contributed by atoms with van der Waals surface area (Å²) in [4.78, 5) is 24.3. The second-order valence-electron chi connectivity index (χ2n) is 4.30. The van der Waals surface area contributed by atoms with Crippen LogP contribution in [0.5, 0.6) is 0 Å². The van der Waals surface area contributed by atoms with Gasteiger partial charge in [0.1, 0.15) is 5.82 Å². The zero-order valence-corrected chi connectivity index (χ0v) is 11.4. The Bertz CT molecular complexity index is 494. The van der Waals surface area contributed by atoms with E-state index in [1.54, 1.807) is 7.05 Å². The Kier molecular flexibility index (Phi) is 5.92. The van der Waals surface area contributed by atoms with Crippen LogP contribution in [0.2, 0.25) is 0 Å². The largest absolute Gasteiger partial charge is 0.478 e. The van der Waals surface area contributed by atoms with Crippen molar-refractivity contribution in [2.45, 2.75) is 6.42 Å². The van der Waals surface area contributed by atoms with Gasteiger partial charge in [0.25, 0.3) is 0 Å². The fraction of sp³-hybridized carbons (Fsp3) is 0.385. The Morgan fingerprint density at radius 3 is 2.70 bits per heavy atom. The average molecular weight is 283 g/mol. The predicted octanol–water partition coefficient (Wildman–Crippen LogP) is 1.60. The summed E-state index contributed by atoms with van der Waals surface area (Å²) in [6.45, 7) is 1.30. The summed E-state index contributed by atoms with van der Waals surface area (Å²) in [6, 6.07) is 2.77. The van der Waals surface area contributed by atoms with Crippen molar-refractivity contribution in [2.24, 2.45) is 0 Å². The van der Waals surface area contributed by atoms with E-state index in [1.807, 2.05) is 7.05 Å². The van der Waals surface area contributed by atoms with Crippen molar-refractivity contribution in [1.29, 1.82) is 0 Å². The van der Waals surface area contributed by atoms with Gasteiger partial charge in [-0.2, -0.15) is 0 Å². The van der Waals surface area contributed by atoms with Crippen LogP contribution in [-0.2, 0) is 0 Å². The van der Waals surface area contributed by atoms with Crippen molar-refractivity contribution in [1.82, 2.24) is 10.2 Å². The summed E-state index contributed by atoms with van der Waals surface area (Å²) in [6.07, 6.45) is 0.773. The number of carboxylic acids is 1. The lowest BCUT2D eigenvalue weighted by atomic mass is 10.1. The highest BCUT2D eigenvalue weighted by atomic mass is 19.1. The molecule has 0 atom stereocenters. The maximum absolute atomic E-state index is 13.0. The zero-order chi connectivity index (χ0) is 15.1. The molecule has 0 bridgehead atoms. The zero-order valence-electron chi connectivity index (χ0n) is 11.4. The summed E-state index contributed by atoms with van der Waals surface area (Å²) in [5.41, 5.74) is -0.202. The molecular weight excluding hydrogens is 265 g/mol. The number of nitrogens with one attached hydrogen (secondary N) is 2. The molecule has 2 amide bonds. The molecule has 1 aromatic carbocycles. The van der Waals surface area contributed by atoms with E-state index in [9.17, 15) is 14.0 Å². The third kappa shape index (κ3) is 4.51. The smallest absolute Gasteiger partial charge is 0.337 e. The van der Waals surface area contributed by atoms with Gasteiger partial charge in [0.2, 0.25) is 0 Å². The molecule has 0 fully saturated rings. The summed E-state index contributed by atoms with van der Waals surface area (Å²) in [5, 5.41) is 14.4.